The van der Waals surface area contributed by atoms with E-state index in [2.05, 4.69) is 0 Å². The van der Waals surface area contributed by atoms with Gasteiger partial charge in [-0.15, -0.1) is 0 Å². The van der Waals surface area contributed by atoms with Gasteiger partial charge in [0.25, 0.3) is 0 Å². The third-order valence-corrected chi connectivity index (χ3v) is 0. The molecule has 0 aromatic heterocycles. The molecule has 0 aliphatic carbocycles. The van der Waals surface area contributed by atoms with Gasteiger partial charge in [0.05, 0.1) is 0 Å². The molecule has 0 aliphatic rings. The Morgan fingerprint density at radius 1 is 1.20 bits per heavy atom. The second-order valence-corrected chi connectivity index (χ2v) is 0.344. The van der Waals surface area contributed by atoms with Crippen molar-refractivity contribution >= 4 is 18.9 Å². The summed E-state index contributed by atoms with van der Waals surface area (Å²) in [5.74, 6) is 0. The maximum absolute atomic E-state index is 8.50. The summed E-state index contributed by atoms with van der Waals surface area (Å²) in [7, 11) is 0. The van der Waals surface area contributed by atoms with E-state index in [9.17, 15) is 0 Å². The van der Waals surface area contributed by atoms with Crippen LogP contribution in [0.25, 0.3) is 0 Å². The van der Waals surface area contributed by atoms with E-state index in [1.54, 1.807) is 0 Å². The Hall–Kier alpha value is 1.42. The van der Waals surface area contributed by atoms with Crippen molar-refractivity contribution in [3.8, 4) is 0 Å². The Kier molecular flexibility index (Phi) is 58.3. The molecule has 0 N–H and O–H groups in total. The van der Waals surface area contributed by atoms with Gasteiger partial charge in [-0.3, -0.25) is 0 Å². The molecule has 0 saturated heterocycles. The predicted molar refractivity (Wildman–Crippen MR) is 8.52 cm³/mol. The average Bonchev–Trinajstić information content (AvgIpc) is 0.918. The zero-order valence-corrected chi connectivity index (χ0v) is 4.25. The van der Waals surface area contributed by atoms with E-state index in [-0.39, 0.29) is 35.6 Å². The van der Waals surface area contributed by atoms with E-state index >= 15 is 0 Å². The van der Waals surface area contributed by atoms with Gasteiger partial charge in [0, 0.05) is 16.8 Å². The fourth-order valence-corrected chi connectivity index (χ4v) is 0. The van der Waals surface area contributed by atoms with Gasteiger partial charge in [-0.2, -0.15) is 0 Å². The molecule has 0 amide bonds. The summed E-state index contributed by atoms with van der Waals surface area (Å²) in [5.41, 5.74) is 0. The molecule has 5 heavy (non-hydrogen) atoms. The van der Waals surface area contributed by atoms with Crippen molar-refractivity contribution in [3.05, 3.63) is 0 Å². The van der Waals surface area contributed by atoms with Crippen LogP contribution in [-0.2, 0) is 42.5 Å². The molecule has 0 aliphatic heterocycles. The van der Waals surface area contributed by atoms with Crippen molar-refractivity contribution in [1.29, 1.82) is 0 Å². The van der Waals surface area contributed by atoms with Crippen molar-refractivity contribution in [2.75, 3.05) is 0 Å². The third kappa shape index (κ3) is 31.5. The Balaban J connectivity index is -0.0000000200. The van der Waals surface area contributed by atoms with Crippen LogP contribution in [0.3, 0.4) is 0 Å². The number of hydrogen-bond donors (Lipinski definition) is 0. The summed E-state index contributed by atoms with van der Waals surface area (Å²) in [6.07, 6.45) is 0. The maximum atomic E-state index is 8.50. The van der Waals surface area contributed by atoms with Crippen molar-refractivity contribution < 1.29 is 42.5 Å². The molecule has 0 aromatic rings. The van der Waals surface area contributed by atoms with Crippen LogP contribution in [0.15, 0.2) is 0 Å². The molecule has 0 bridgehead atoms. The fraction of sp³-hybridized carbons (Fsp3) is 0. The van der Waals surface area contributed by atoms with Gasteiger partial charge in [0.1, 0.15) is 0 Å². The molecule has 0 spiro atoms. The van der Waals surface area contributed by atoms with Gasteiger partial charge in [0.15, 0.2) is 0 Å². The summed E-state index contributed by atoms with van der Waals surface area (Å²) in [4.78, 5) is 0. The van der Waals surface area contributed by atoms with Crippen molar-refractivity contribution in [2.45, 2.75) is 0 Å². The van der Waals surface area contributed by atoms with Crippen LogP contribution in [-0.4, -0.2) is 18.9 Å². The first-order valence-corrected chi connectivity index (χ1v) is 1.68. The minimum atomic E-state index is -2.00. The van der Waals surface area contributed by atoms with Gasteiger partial charge >= 0.3 is 44.6 Å². The van der Waals surface area contributed by atoms with Crippen LogP contribution < -0.4 is 0 Å². The van der Waals surface area contributed by atoms with Crippen LogP contribution in [0.4, 0.5) is 0 Å². The number of hydrogen-bond acceptors (Lipinski definition) is 2. The summed E-state index contributed by atoms with van der Waals surface area (Å²) in [6, 6.07) is 0. The van der Waals surface area contributed by atoms with E-state index in [1.807, 2.05) is 0 Å². The Labute approximate surface area is 61.0 Å². The van der Waals surface area contributed by atoms with E-state index < -0.39 is 19.1 Å². The molecular formula is HCoLiO2Ti. The average molecular weight is 147 g/mol. The third-order valence-electron chi connectivity index (χ3n) is 0. The van der Waals surface area contributed by atoms with Crippen molar-refractivity contribution in [2.24, 2.45) is 0 Å². The first-order valence-electron chi connectivity index (χ1n) is 0.408. The molecule has 5 heteroatoms. The Morgan fingerprint density at radius 2 is 1.20 bits per heavy atom. The Morgan fingerprint density at radius 3 is 1.20 bits per heavy atom. The van der Waals surface area contributed by atoms with Crippen molar-refractivity contribution in [3.63, 3.8) is 0 Å². The SMILES string of the molecule is [Co].[LiH].[O]=[Ti]=[O]. The first-order chi connectivity index (χ1) is 1.41. The second-order valence-electron chi connectivity index (χ2n) is 0.0833. The van der Waals surface area contributed by atoms with Crippen LogP contribution >= 0.6 is 0 Å². The quantitative estimate of drug-likeness (QED) is 0.416. The summed E-state index contributed by atoms with van der Waals surface area (Å²) in [6.45, 7) is 0. The van der Waals surface area contributed by atoms with Gasteiger partial charge in [-0.05, 0) is 0 Å². The molecule has 0 aromatic carbocycles. The molecule has 0 saturated carbocycles. The molecule has 0 atom stereocenters. The van der Waals surface area contributed by atoms with Crippen LogP contribution in [0.1, 0.15) is 0 Å². The molecule has 0 heterocycles. The normalized spacial score (nSPS) is 1.60. The van der Waals surface area contributed by atoms with Gasteiger partial charge in [-0.25, -0.2) is 0 Å². The first kappa shape index (κ1) is 16.1. The molecule has 0 fully saturated rings. The predicted octanol–water partition coefficient (Wildman–Crippen LogP) is -0.891. The van der Waals surface area contributed by atoms with Gasteiger partial charge in [-0.1, -0.05) is 0 Å². The molecule has 1 radical (unpaired) electrons. The van der Waals surface area contributed by atoms with Crippen molar-refractivity contribution in [1.82, 2.24) is 0 Å². The summed E-state index contributed by atoms with van der Waals surface area (Å²) in [5, 5.41) is 0. The molecule has 0 unspecified atom stereocenters. The van der Waals surface area contributed by atoms with Gasteiger partial charge in [0.2, 0.25) is 0 Å². The van der Waals surface area contributed by atoms with E-state index in [0.717, 1.165) is 0 Å². The monoisotopic (exact) mass is 147 g/mol. The topological polar surface area (TPSA) is 34.1 Å². The van der Waals surface area contributed by atoms with E-state index in [4.69, 9.17) is 6.65 Å². The van der Waals surface area contributed by atoms with E-state index in [1.165, 1.54) is 0 Å². The zero-order valence-electron chi connectivity index (χ0n) is 1.65. The molecular weight excluding hydrogens is 146 g/mol. The summed E-state index contributed by atoms with van der Waals surface area (Å²) < 4.78 is 17.0. The second kappa shape index (κ2) is 18.1. The zero-order chi connectivity index (χ0) is 2.71. The van der Waals surface area contributed by atoms with Crippen LogP contribution in [0, 0.1) is 0 Å². The van der Waals surface area contributed by atoms with Gasteiger partial charge < -0.3 is 0 Å². The molecule has 27 valence electrons. The summed E-state index contributed by atoms with van der Waals surface area (Å²) >= 11 is -2.00. The standard InChI is InChI=1S/Co.Li.2O.Ti.H. The molecule has 0 rings (SSSR count). The van der Waals surface area contributed by atoms with E-state index in [0.29, 0.717) is 0 Å². The molecule has 2 nitrogen and oxygen atoms in total. The van der Waals surface area contributed by atoms with Crippen LogP contribution in [0.5, 0.6) is 0 Å². The minimum absolute atomic E-state index is 0. The fourth-order valence-electron chi connectivity index (χ4n) is 0. The van der Waals surface area contributed by atoms with Crippen LogP contribution in [0.2, 0.25) is 0 Å². The Bertz CT molecular complexity index is 30.6. The number of rotatable bonds is 0.